The molecular weight excluding hydrogens is 388 g/mol. The predicted molar refractivity (Wildman–Crippen MR) is 111 cm³/mol. The molecular formula is C21H24N4O3S. The molecule has 1 saturated heterocycles. The van der Waals surface area contributed by atoms with E-state index in [1.807, 2.05) is 12.1 Å². The second-order valence-corrected chi connectivity index (χ2v) is 8.64. The Bertz CT molecular complexity index is 1000. The lowest BCUT2D eigenvalue weighted by molar-refractivity contribution is -0.119. The molecule has 7 nitrogen and oxygen atoms in total. The third-order valence-electron chi connectivity index (χ3n) is 5.62. The first-order valence-electron chi connectivity index (χ1n) is 10.1. The average molecular weight is 413 g/mol. The van der Waals surface area contributed by atoms with E-state index >= 15 is 0 Å². The van der Waals surface area contributed by atoms with E-state index in [2.05, 4.69) is 16.4 Å². The van der Waals surface area contributed by atoms with Crippen LogP contribution in [0.15, 0.2) is 34.2 Å². The maximum absolute atomic E-state index is 13.1. The van der Waals surface area contributed by atoms with Gasteiger partial charge in [0.05, 0.1) is 35.4 Å². The largest absolute Gasteiger partial charge is 0.376 e. The van der Waals surface area contributed by atoms with Gasteiger partial charge in [0.1, 0.15) is 5.54 Å². The van der Waals surface area contributed by atoms with Gasteiger partial charge in [0.15, 0.2) is 5.16 Å². The van der Waals surface area contributed by atoms with Crippen LogP contribution in [-0.4, -0.2) is 39.5 Å². The lowest BCUT2D eigenvalue weighted by atomic mass is 10.0. The van der Waals surface area contributed by atoms with Crippen LogP contribution in [0.5, 0.6) is 0 Å². The lowest BCUT2D eigenvalue weighted by Gasteiger charge is -2.22. The summed E-state index contributed by atoms with van der Waals surface area (Å²) < 4.78 is 7.34. The minimum absolute atomic E-state index is 0.0100. The molecule has 8 heteroatoms. The molecule has 1 N–H and O–H groups in total. The third kappa shape index (κ3) is 4.31. The molecule has 2 aliphatic rings. The summed E-state index contributed by atoms with van der Waals surface area (Å²) in [5.74, 6) is -0.0933. The van der Waals surface area contributed by atoms with Gasteiger partial charge < -0.3 is 10.1 Å². The number of hydrogen-bond acceptors (Lipinski definition) is 6. The van der Waals surface area contributed by atoms with Crippen molar-refractivity contribution in [2.45, 2.75) is 61.9 Å². The first-order valence-corrected chi connectivity index (χ1v) is 11.0. The molecule has 29 heavy (non-hydrogen) atoms. The van der Waals surface area contributed by atoms with E-state index in [4.69, 9.17) is 4.74 Å². The molecule has 1 aliphatic heterocycles. The number of nitriles is 1. The zero-order valence-corrected chi connectivity index (χ0v) is 17.0. The molecule has 2 heterocycles. The Kier molecular flexibility index (Phi) is 5.88. The zero-order chi connectivity index (χ0) is 20.3. The van der Waals surface area contributed by atoms with E-state index in [0.29, 0.717) is 42.1 Å². The molecule has 1 aromatic carbocycles. The minimum Gasteiger partial charge on any atom is -0.376 e. The normalized spacial score (nSPS) is 20.6. The predicted octanol–water partition coefficient (Wildman–Crippen LogP) is 2.62. The molecule has 152 valence electrons. The van der Waals surface area contributed by atoms with Crippen molar-refractivity contribution in [3.8, 4) is 6.07 Å². The quantitative estimate of drug-likeness (QED) is 0.579. The topological polar surface area (TPSA) is 97.0 Å². The summed E-state index contributed by atoms with van der Waals surface area (Å²) in [5, 5.41) is 13.4. The molecule has 1 saturated carbocycles. The van der Waals surface area contributed by atoms with Crippen molar-refractivity contribution < 1.29 is 9.53 Å². The fourth-order valence-electron chi connectivity index (χ4n) is 4.09. The number of amides is 1. The summed E-state index contributed by atoms with van der Waals surface area (Å²) in [6, 6.07) is 9.52. The Balaban J connectivity index is 1.56. The van der Waals surface area contributed by atoms with Gasteiger partial charge in [-0.1, -0.05) is 23.9 Å². The Hall–Kier alpha value is -2.37. The van der Waals surface area contributed by atoms with E-state index in [9.17, 15) is 14.9 Å². The Morgan fingerprint density at radius 1 is 1.34 bits per heavy atom. The van der Waals surface area contributed by atoms with Crippen molar-refractivity contribution in [2.75, 3.05) is 12.4 Å². The van der Waals surface area contributed by atoms with E-state index < -0.39 is 5.54 Å². The summed E-state index contributed by atoms with van der Waals surface area (Å²) in [7, 11) is 0. The summed E-state index contributed by atoms with van der Waals surface area (Å²) in [6.45, 7) is 1.14. The second kappa shape index (κ2) is 8.56. The Morgan fingerprint density at radius 3 is 2.86 bits per heavy atom. The molecule has 0 radical (unpaired) electrons. The fourth-order valence-corrected chi connectivity index (χ4v) is 4.90. The third-order valence-corrected chi connectivity index (χ3v) is 6.60. The molecule has 1 aliphatic carbocycles. The summed E-state index contributed by atoms with van der Waals surface area (Å²) in [6.07, 6.45) is 5.18. The first kappa shape index (κ1) is 19.9. The van der Waals surface area contributed by atoms with Crippen molar-refractivity contribution in [3.63, 3.8) is 0 Å². The Labute approximate surface area is 173 Å². The Morgan fingerprint density at radius 2 is 2.14 bits per heavy atom. The van der Waals surface area contributed by atoms with E-state index in [-0.39, 0.29) is 23.3 Å². The van der Waals surface area contributed by atoms with Crippen molar-refractivity contribution in [1.29, 1.82) is 5.26 Å². The molecule has 4 rings (SSSR count). The van der Waals surface area contributed by atoms with E-state index in [1.54, 1.807) is 16.7 Å². The van der Waals surface area contributed by atoms with Crippen molar-refractivity contribution in [3.05, 3.63) is 34.6 Å². The van der Waals surface area contributed by atoms with E-state index in [0.717, 1.165) is 25.7 Å². The van der Waals surface area contributed by atoms with Crippen LogP contribution in [0.25, 0.3) is 10.9 Å². The van der Waals surface area contributed by atoms with Crippen molar-refractivity contribution in [1.82, 2.24) is 14.9 Å². The van der Waals surface area contributed by atoms with Gasteiger partial charge in [0.25, 0.3) is 5.56 Å². The number of thioether (sulfide) groups is 1. The highest BCUT2D eigenvalue weighted by Crippen LogP contribution is 2.29. The number of nitrogens with zero attached hydrogens (tertiary/aromatic N) is 3. The number of aromatic nitrogens is 2. The van der Waals surface area contributed by atoms with Crippen LogP contribution >= 0.6 is 11.8 Å². The molecule has 2 aromatic rings. The monoisotopic (exact) mass is 412 g/mol. The fraction of sp³-hybridized carbons (Fsp3) is 0.524. The number of nitrogens with one attached hydrogen (secondary N) is 1. The molecule has 2 fully saturated rings. The lowest BCUT2D eigenvalue weighted by Crippen LogP contribution is -2.46. The van der Waals surface area contributed by atoms with Crippen molar-refractivity contribution >= 4 is 28.6 Å². The number of para-hydroxylation sites is 1. The number of fused-ring (bicyclic) bond motifs is 1. The minimum atomic E-state index is -0.744. The summed E-state index contributed by atoms with van der Waals surface area (Å²) in [5.41, 5.74) is -0.238. The van der Waals surface area contributed by atoms with Gasteiger partial charge in [-0.05, 0) is 50.7 Å². The molecule has 0 spiro atoms. The van der Waals surface area contributed by atoms with Gasteiger partial charge in [-0.2, -0.15) is 5.26 Å². The number of carbonyl (C=O) groups is 1. The molecule has 0 bridgehead atoms. The van der Waals surface area contributed by atoms with Crippen LogP contribution in [-0.2, 0) is 16.1 Å². The maximum Gasteiger partial charge on any atom is 0.262 e. The van der Waals surface area contributed by atoms with E-state index in [1.165, 1.54) is 11.8 Å². The maximum atomic E-state index is 13.1. The SMILES string of the molecule is N#CC1(NC(=O)CSc2nc3ccccc3c(=O)n2CC2CCCO2)CCCC1. The highest BCUT2D eigenvalue weighted by molar-refractivity contribution is 7.99. The van der Waals surface area contributed by atoms with Crippen LogP contribution in [0, 0.1) is 11.3 Å². The number of hydrogen-bond donors (Lipinski definition) is 1. The number of carbonyl (C=O) groups excluding carboxylic acids is 1. The zero-order valence-electron chi connectivity index (χ0n) is 16.2. The second-order valence-electron chi connectivity index (χ2n) is 7.70. The average Bonchev–Trinajstić information content (AvgIpc) is 3.41. The van der Waals surface area contributed by atoms with Gasteiger partial charge in [-0.3, -0.25) is 14.2 Å². The van der Waals surface area contributed by atoms with Gasteiger partial charge >= 0.3 is 0 Å². The van der Waals surface area contributed by atoms with Gasteiger partial charge in [-0.25, -0.2) is 4.98 Å². The number of benzene rings is 1. The summed E-state index contributed by atoms with van der Waals surface area (Å²) in [4.78, 5) is 30.2. The van der Waals surface area contributed by atoms with Crippen molar-refractivity contribution in [2.24, 2.45) is 0 Å². The smallest absolute Gasteiger partial charge is 0.262 e. The van der Waals surface area contributed by atoms with Crippen LogP contribution < -0.4 is 10.9 Å². The van der Waals surface area contributed by atoms with Gasteiger partial charge in [0, 0.05) is 6.61 Å². The van der Waals surface area contributed by atoms with Crippen LogP contribution in [0.3, 0.4) is 0 Å². The highest BCUT2D eigenvalue weighted by atomic mass is 32.2. The van der Waals surface area contributed by atoms with Crippen LogP contribution in [0.1, 0.15) is 38.5 Å². The summed E-state index contributed by atoms with van der Waals surface area (Å²) >= 11 is 1.23. The van der Waals surface area contributed by atoms with Gasteiger partial charge in [0.2, 0.25) is 5.91 Å². The molecule has 1 amide bonds. The van der Waals surface area contributed by atoms with Gasteiger partial charge in [-0.15, -0.1) is 0 Å². The first-order chi connectivity index (χ1) is 14.1. The number of rotatable bonds is 6. The molecule has 1 aromatic heterocycles. The molecule has 1 atom stereocenters. The van der Waals surface area contributed by atoms with Crippen LogP contribution in [0.4, 0.5) is 0 Å². The van der Waals surface area contributed by atoms with Crippen LogP contribution in [0.2, 0.25) is 0 Å². The highest BCUT2D eigenvalue weighted by Gasteiger charge is 2.35. The standard InChI is InChI=1S/C21H24N4O3S/c22-14-21(9-3-4-10-21)24-18(26)13-29-20-23-17-8-2-1-7-16(17)19(27)25(20)12-15-6-5-11-28-15/h1-2,7-8,15H,3-6,9-13H2,(H,24,26). The number of ether oxygens (including phenoxy) is 1. The molecule has 1 unspecified atom stereocenters.